The molecule has 0 bridgehead atoms. The van der Waals surface area contributed by atoms with Gasteiger partial charge in [-0.2, -0.15) is 0 Å². The number of carbonyl (C=O) groups excluding carboxylic acids is 1. The Morgan fingerprint density at radius 2 is 1.96 bits per heavy atom. The fourth-order valence-corrected chi connectivity index (χ4v) is 4.12. The first-order valence-corrected chi connectivity index (χ1v) is 9.39. The molecule has 6 nitrogen and oxygen atoms in total. The van der Waals surface area contributed by atoms with Crippen molar-refractivity contribution < 1.29 is 9.90 Å². The Balaban J connectivity index is 1.51. The maximum Gasteiger partial charge on any atom is 0.272 e. The number of hydrogen-bond donors (Lipinski definition) is 2. The van der Waals surface area contributed by atoms with Crippen molar-refractivity contribution in [2.24, 2.45) is 0 Å². The Kier molecular flexibility index (Phi) is 4.78. The van der Waals surface area contributed by atoms with E-state index < -0.39 is 6.10 Å². The van der Waals surface area contributed by atoms with Crippen LogP contribution in [0.1, 0.15) is 53.1 Å². The molecule has 0 spiro atoms. The van der Waals surface area contributed by atoms with Crippen LogP contribution in [0.5, 0.6) is 0 Å². The maximum atomic E-state index is 13.1. The largest absolute Gasteiger partial charge is 0.391 e. The number of aliphatic hydroxyl groups excluding tert-OH is 1. The molecule has 1 aromatic heterocycles. The lowest BCUT2D eigenvalue weighted by Gasteiger charge is -2.27. The van der Waals surface area contributed by atoms with Gasteiger partial charge in [0.15, 0.2) is 0 Å². The number of H-pyrrole nitrogens is 1. The molecule has 3 heterocycles. The summed E-state index contributed by atoms with van der Waals surface area (Å²) in [6.07, 6.45) is 3.87. The van der Waals surface area contributed by atoms with Crippen LogP contribution in [0.3, 0.4) is 0 Å². The third kappa shape index (κ3) is 3.39. The number of aliphatic hydroxyl groups is 1. The van der Waals surface area contributed by atoms with Gasteiger partial charge in [0.05, 0.1) is 18.3 Å². The van der Waals surface area contributed by atoms with Gasteiger partial charge in [0.2, 0.25) is 0 Å². The second-order valence-corrected chi connectivity index (χ2v) is 7.53. The van der Waals surface area contributed by atoms with Crippen molar-refractivity contribution in [2.75, 3.05) is 26.7 Å². The number of hydrogen-bond acceptors (Lipinski definition) is 4. The van der Waals surface area contributed by atoms with Crippen LogP contribution >= 0.6 is 0 Å². The number of benzene rings is 1. The van der Waals surface area contributed by atoms with Crippen LogP contribution in [0, 0.1) is 0 Å². The van der Waals surface area contributed by atoms with Crippen LogP contribution in [-0.2, 0) is 0 Å². The molecule has 0 radical (unpaired) electrons. The van der Waals surface area contributed by atoms with Gasteiger partial charge >= 0.3 is 0 Å². The summed E-state index contributed by atoms with van der Waals surface area (Å²) in [4.78, 5) is 24.9. The first-order valence-electron chi connectivity index (χ1n) is 9.39. The van der Waals surface area contributed by atoms with Gasteiger partial charge in [-0.3, -0.25) is 4.79 Å². The normalized spacial score (nSPS) is 24.9. The van der Waals surface area contributed by atoms with E-state index in [0.717, 1.165) is 37.3 Å². The lowest BCUT2D eigenvalue weighted by atomic mass is 9.97. The monoisotopic (exact) mass is 354 g/mol. The second-order valence-electron chi connectivity index (χ2n) is 7.53. The maximum absolute atomic E-state index is 13.1. The van der Waals surface area contributed by atoms with E-state index in [2.05, 4.69) is 21.9 Å². The topological polar surface area (TPSA) is 72.5 Å². The quantitative estimate of drug-likeness (QED) is 0.886. The average Bonchev–Trinajstić information content (AvgIpc) is 3.30. The Hall–Kier alpha value is -2.18. The highest BCUT2D eigenvalue weighted by Gasteiger charge is 2.36. The van der Waals surface area contributed by atoms with Gasteiger partial charge < -0.3 is 19.9 Å². The standard InChI is InChI=1S/C20H26N4O2/c1-23-9-7-15(8-10-23)19-21-12-17(22-19)20(26)24-13-16(25)11-18(24)14-5-3-2-4-6-14/h2-6,12,15-16,18,25H,7-11,13H2,1H3,(H,21,22). The minimum atomic E-state index is -0.486. The molecule has 0 saturated carbocycles. The van der Waals surface area contributed by atoms with E-state index in [1.807, 2.05) is 30.3 Å². The molecule has 26 heavy (non-hydrogen) atoms. The third-order valence-electron chi connectivity index (χ3n) is 5.66. The second kappa shape index (κ2) is 7.21. The number of aromatic nitrogens is 2. The van der Waals surface area contributed by atoms with E-state index >= 15 is 0 Å². The highest BCUT2D eigenvalue weighted by molar-refractivity contribution is 5.92. The van der Waals surface area contributed by atoms with Crippen molar-refractivity contribution >= 4 is 5.91 Å². The van der Waals surface area contributed by atoms with Crippen LogP contribution < -0.4 is 0 Å². The summed E-state index contributed by atoms with van der Waals surface area (Å²) < 4.78 is 0. The highest BCUT2D eigenvalue weighted by atomic mass is 16.3. The molecule has 2 aliphatic rings. The number of amides is 1. The van der Waals surface area contributed by atoms with Crippen molar-refractivity contribution in [3.63, 3.8) is 0 Å². The molecule has 1 amide bonds. The summed E-state index contributed by atoms with van der Waals surface area (Å²) in [6.45, 7) is 2.48. The molecule has 2 unspecified atom stereocenters. The van der Waals surface area contributed by atoms with Crippen LogP contribution in [0.4, 0.5) is 0 Å². The minimum Gasteiger partial charge on any atom is -0.391 e. The van der Waals surface area contributed by atoms with E-state index in [9.17, 15) is 9.90 Å². The van der Waals surface area contributed by atoms with Gasteiger partial charge in [0.25, 0.3) is 5.91 Å². The third-order valence-corrected chi connectivity index (χ3v) is 5.66. The summed E-state index contributed by atoms with van der Waals surface area (Å²) in [5.74, 6) is 1.22. The number of nitrogens with zero attached hydrogens (tertiary/aromatic N) is 3. The Bertz CT molecular complexity index is 752. The summed E-state index contributed by atoms with van der Waals surface area (Å²) >= 11 is 0. The summed E-state index contributed by atoms with van der Waals surface area (Å²) in [6, 6.07) is 9.84. The van der Waals surface area contributed by atoms with Gasteiger partial charge in [0, 0.05) is 12.5 Å². The van der Waals surface area contributed by atoms with Crippen molar-refractivity contribution in [3.8, 4) is 0 Å². The smallest absolute Gasteiger partial charge is 0.272 e. The molecule has 2 atom stereocenters. The Labute approximate surface area is 153 Å². The van der Waals surface area contributed by atoms with Gasteiger partial charge in [-0.05, 0) is 45.0 Å². The van der Waals surface area contributed by atoms with E-state index in [4.69, 9.17) is 0 Å². The molecule has 2 aliphatic heterocycles. The number of nitrogens with one attached hydrogen (secondary N) is 1. The molecule has 2 N–H and O–H groups in total. The molecule has 2 saturated heterocycles. The molecule has 2 aromatic rings. The van der Waals surface area contributed by atoms with E-state index in [1.165, 1.54) is 0 Å². The first-order chi connectivity index (χ1) is 12.6. The lowest BCUT2D eigenvalue weighted by molar-refractivity contribution is 0.0710. The van der Waals surface area contributed by atoms with Crippen LogP contribution in [0.2, 0.25) is 0 Å². The van der Waals surface area contributed by atoms with Gasteiger partial charge in [0.1, 0.15) is 11.5 Å². The van der Waals surface area contributed by atoms with Gasteiger partial charge in [-0.1, -0.05) is 30.3 Å². The molecule has 4 rings (SSSR count). The predicted octanol–water partition coefficient (Wildman–Crippen LogP) is 2.17. The fourth-order valence-electron chi connectivity index (χ4n) is 4.12. The summed E-state index contributed by atoms with van der Waals surface area (Å²) in [5.41, 5.74) is 1.58. The van der Waals surface area contributed by atoms with E-state index in [1.54, 1.807) is 11.1 Å². The SMILES string of the molecule is CN1CCC(c2ncc(C(=O)N3CC(O)CC3c3ccccc3)[nH]2)CC1. The van der Waals surface area contributed by atoms with E-state index in [0.29, 0.717) is 24.6 Å². The summed E-state index contributed by atoms with van der Waals surface area (Å²) in [7, 11) is 2.13. The molecular formula is C20H26N4O2. The van der Waals surface area contributed by atoms with Gasteiger partial charge in [-0.25, -0.2) is 4.98 Å². The number of β-amino-alcohol motifs (C(OH)–C–C–N with tert-alkyl or cyclic N) is 1. The Morgan fingerprint density at radius 1 is 1.23 bits per heavy atom. The Morgan fingerprint density at radius 3 is 2.69 bits per heavy atom. The molecule has 6 heteroatoms. The number of imidazole rings is 1. The lowest BCUT2D eigenvalue weighted by Crippen LogP contribution is -2.32. The van der Waals surface area contributed by atoms with Crippen molar-refractivity contribution in [1.29, 1.82) is 0 Å². The fraction of sp³-hybridized carbons (Fsp3) is 0.500. The van der Waals surface area contributed by atoms with E-state index in [-0.39, 0.29) is 11.9 Å². The van der Waals surface area contributed by atoms with Crippen molar-refractivity contribution in [2.45, 2.75) is 37.3 Å². The number of carbonyl (C=O) groups is 1. The molecule has 138 valence electrons. The summed E-state index contributed by atoms with van der Waals surface area (Å²) in [5, 5.41) is 10.1. The zero-order valence-electron chi connectivity index (χ0n) is 15.1. The predicted molar refractivity (Wildman–Crippen MR) is 98.9 cm³/mol. The van der Waals surface area contributed by atoms with Crippen LogP contribution in [0.15, 0.2) is 36.5 Å². The van der Waals surface area contributed by atoms with Gasteiger partial charge in [-0.15, -0.1) is 0 Å². The number of aromatic amines is 1. The minimum absolute atomic E-state index is 0.0814. The zero-order valence-corrected chi connectivity index (χ0v) is 15.1. The number of likely N-dealkylation sites (tertiary alicyclic amines) is 2. The molecule has 1 aromatic carbocycles. The zero-order chi connectivity index (χ0) is 18.1. The van der Waals surface area contributed by atoms with Crippen molar-refractivity contribution in [1.82, 2.24) is 19.8 Å². The molecular weight excluding hydrogens is 328 g/mol. The number of piperidine rings is 1. The average molecular weight is 354 g/mol. The molecule has 2 fully saturated rings. The van der Waals surface area contributed by atoms with Crippen molar-refractivity contribution in [3.05, 3.63) is 53.6 Å². The van der Waals surface area contributed by atoms with Crippen LogP contribution in [0.25, 0.3) is 0 Å². The molecule has 0 aliphatic carbocycles. The highest BCUT2D eigenvalue weighted by Crippen LogP contribution is 2.33. The first kappa shape index (κ1) is 17.2. The van der Waals surface area contributed by atoms with Crippen LogP contribution in [-0.4, -0.2) is 63.6 Å². The number of rotatable bonds is 3.